The predicted molar refractivity (Wildman–Crippen MR) is 119 cm³/mol. The number of hydrogen-bond acceptors (Lipinski definition) is 5. The van der Waals surface area contributed by atoms with Crippen molar-refractivity contribution < 1.29 is 28.1 Å². The lowest BCUT2D eigenvalue weighted by Gasteiger charge is -2.20. The minimum Gasteiger partial charge on any atom is -0.489 e. The smallest absolute Gasteiger partial charge is 0.232 e. The molecule has 2 aliphatic heterocycles. The highest BCUT2D eigenvalue weighted by molar-refractivity contribution is 9.10. The molecule has 0 amide bonds. The molecule has 0 atom stereocenters. The first kappa shape index (κ1) is 20.7. The summed E-state index contributed by atoms with van der Waals surface area (Å²) in [6.07, 6.45) is 1.68. The number of ketones is 1. The normalized spacial score (nSPS) is 15.7. The van der Waals surface area contributed by atoms with Crippen molar-refractivity contribution in [2.24, 2.45) is 0 Å². The van der Waals surface area contributed by atoms with E-state index in [4.69, 9.17) is 18.9 Å². The number of halogens is 2. The molecule has 2 heterocycles. The molecule has 3 aromatic rings. The summed E-state index contributed by atoms with van der Waals surface area (Å²) in [6, 6.07) is 13.5. The van der Waals surface area contributed by atoms with Gasteiger partial charge in [0.15, 0.2) is 12.6 Å². The Morgan fingerprint density at radius 1 is 1.19 bits per heavy atom. The maximum atomic E-state index is 13.4. The largest absolute Gasteiger partial charge is 0.489 e. The molecule has 5 nitrogen and oxygen atoms in total. The minimum atomic E-state index is -0.315. The first-order valence-electron chi connectivity index (χ1n) is 9.97. The minimum absolute atomic E-state index is 0.158. The van der Waals surface area contributed by atoms with Crippen LogP contribution in [0, 0.1) is 12.7 Å². The SMILES string of the molecule is Cc1cc(OCc2cccc(F)c2)cc2c1C(=O)/C(=C/c1cc(Br)cc3c1OCOC3)O2. The van der Waals surface area contributed by atoms with Gasteiger partial charge in [-0.05, 0) is 54.5 Å². The molecule has 162 valence electrons. The van der Waals surface area contributed by atoms with E-state index in [1.165, 1.54) is 12.1 Å². The Bertz CT molecular complexity index is 1270. The Balaban J connectivity index is 1.42. The molecule has 32 heavy (non-hydrogen) atoms. The van der Waals surface area contributed by atoms with Crippen LogP contribution in [0.1, 0.15) is 32.6 Å². The molecule has 0 fully saturated rings. The zero-order chi connectivity index (χ0) is 22.2. The molecule has 3 aromatic carbocycles. The van der Waals surface area contributed by atoms with Crippen molar-refractivity contribution in [2.45, 2.75) is 20.1 Å². The zero-order valence-corrected chi connectivity index (χ0v) is 18.7. The second kappa shape index (κ2) is 8.41. The number of benzene rings is 3. The van der Waals surface area contributed by atoms with Crippen molar-refractivity contribution in [2.75, 3.05) is 6.79 Å². The van der Waals surface area contributed by atoms with Gasteiger partial charge in [-0.1, -0.05) is 28.1 Å². The molecule has 2 aliphatic rings. The summed E-state index contributed by atoms with van der Waals surface area (Å²) in [4.78, 5) is 13.1. The molecule has 0 spiro atoms. The number of ether oxygens (including phenoxy) is 4. The molecule has 0 aromatic heterocycles. The lowest BCUT2D eigenvalue weighted by atomic mass is 10.0. The van der Waals surface area contributed by atoms with Gasteiger partial charge in [0.1, 0.15) is 29.7 Å². The molecule has 0 radical (unpaired) electrons. The number of hydrogen-bond donors (Lipinski definition) is 0. The molecule has 0 N–H and O–H groups in total. The molecular formula is C25H18BrFO5. The number of carbonyl (C=O) groups excluding carboxylic acids is 1. The number of Topliss-reactive ketones (excluding diaryl/α,β-unsaturated/α-hetero) is 1. The summed E-state index contributed by atoms with van der Waals surface area (Å²) in [6.45, 7) is 2.63. The summed E-state index contributed by atoms with van der Waals surface area (Å²) in [5, 5.41) is 0. The average molecular weight is 497 g/mol. The van der Waals surface area contributed by atoms with Crippen LogP contribution in [-0.4, -0.2) is 12.6 Å². The highest BCUT2D eigenvalue weighted by atomic mass is 79.9. The van der Waals surface area contributed by atoms with Crippen LogP contribution in [0.15, 0.2) is 58.8 Å². The van der Waals surface area contributed by atoms with Gasteiger partial charge < -0.3 is 18.9 Å². The van der Waals surface area contributed by atoms with Gasteiger partial charge in [0, 0.05) is 21.7 Å². The van der Waals surface area contributed by atoms with Crippen molar-refractivity contribution in [1.29, 1.82) is 0 Å². The zero-order valence-electron chi connectivity index (χ0n) is 17.1. The maximum absolute atomic E-state index is 13.4. The van der Waals surface area contributed by atoms with Crippen LogP contribution in [0.25, 0.3) is 6.08 Å². The highest BCUT2D eigenvalue weighted by Crippen LogP contribution is 2.39. The monoisotopic (exact) mass is 496 g/mol. The van der Waals surface area contributed by atoms with Crippen molar-refractivity contribution in [3.8, 4) is 17.2 Å². The summed E-state index contributed by atoms with van der Waals surface area (Å²) in [5.74, 6) is 1.35. The quantitative estimate of drug-likeness (QED) is 0.417. The van der Waals surface area contributed by atoms with E-state index in [-0.39, 0.29) is 30.8 Å². The standard InChI is InChI=1S/C25H18BrFO5/c1-14-5-20(30-11-15-3-2-4-19(27)6-15)10-21-23(14)24(28)22(32-21)9-16-7-18(26)8-17-12-29-13-31-25(16)17/h2-10H,11-13H2,1H3/b22-9-. The van der Waals surface area contributed by atoms with Gasteiger partial charge in [0.05, 0.1) is 12.2 Å². The fourth-order valence-corrected chi connectivity index (χ4v) is 4.33. The highest BCUT2D eigenvalue weighted by Gasteiger charge is 2.30. The maximum Gasteiger partial charge on any atom is 0.232 e. The van der Waals surface area contributed by atoms with Gasteiger partial charge in [0.25, 0.3) is 0 Å². The van der Waals surface area contributed by atoms with Gasteiger partial charge in [-0.3, -0.25) is 4.79 Å². The van der Waals surface area contributed by atoms with E-state index in [1.54, 1.807) is 30.3 Å². The van der Waals surface area contributed by atoms with E-state index in [2.05, 4.69) is 15.9 Å². The fourth-order valence-electron chi connectivity index (χ4n) is 3.81. The van der Waals surface area contributed by atoms with Crippen LogP contribution in [0.3, 0.4) is 0 Å². The second-order valence-electron chi connectivity index (χ2n) is 7.57. The van der Waals surface area contributed by atoms with E-state index >= 15 is 0 Å². The van der Waals surface area contributed by atoms with E-state index in [1.807, 2.05) is 19.1 Å². The molecule has 7 heteroatoms. The van der Waals surface area contributed by atoms with E-state index in [9.17, 15) is 9.18 Å². The Morgan fingerprint density at radius 2 is 2.06 bits per heavy atom. The van der Waals surface area contributed by atoms with Gasteiger partial charge in [-0.25, -0.2) is 4.39 Å². The van der Waals surface area contributed by atoms with Crippen molar-refractivity contribution >= 4 is 27.8 Å². The lowest BCUT2D eigenvalue weighted by Crippen LogP contribution is -2.12. The van der Waals surface area contributed by atoms with Crippen molar-refractivity contribution in [1.82, 2.24) is 0 Å². The van der Waals surface area contributed by atoms with Crippen molar-refractivity contribution in [3.05, 3.63) is 92.4 Å². The predicted octanol–water partition coefficient (Wildman–Crippen LogP) is 5.96. The molecule has 0 unspecified atom stereocenters. The number of allylic oxidation sites excluding steroid dienone is 1. The van der Waals surface area contributed by atoms with Crippen LogP contribution in [-0.2, 0) is 18.0 Å². The number of rotatable bonds is 4. The summed E-state index contributed by atoms with van der Waals surface area (Å²) >= 11 is 3.49. The summed E-state index contributed by atoms with van der Waals surface area (Å²) in [5.41, 5.74) is 3.58. The van der Waals surface area contributed by atoms with Gasteiger partial charge in [-0.2, -0.15) is 0 Å². The molecule has 0 bridgehead atoms. The van der Waals surface area contributed by atoms with Gasteiger partial charge >= 0.3 is 0 Å². The average Bonchev–Trinajstić information content (AvgIpc) is 3.08. The first-order chi connectivity index (χ1) is 15.5. The topological polar surface area (TPSA) is 54.0 Å². The lowest BCUT2D eigenvalue weighted by molar-refractivity contribution is -0.0165. The third-order valence-electron chi connectivity index (χ3n) is 5.23. The Kier molecular flexibility index (Phi) is 5.45. The third-order valence-corrected chi connectivity index (χ3v) is 5.69. The van der Waals surface area contributed by atoms with Crippen LogP contribution < -0.4 is 14.2 Å². The molecule has 0 saturated carbocycles. The van der Waals surface area contributed by atoms with Gasteiger partial charge in [-0.15, -0.1) is 0 Å². The van der Waals surface area contributed by atoms with Gasteiger partial charge in [0.2, 0.25) is 5.78 Å². The molecular weight excluding hydrogens is 479 g/mol. The Hall–Kier alpha value is -3.16. The van der Waals surface area contributed by atoms with E-state index in [0.717, 1.165) is 21.2 Å². The Labute approximate surface area is 192 Å². The fraction of sp³-hybridized carbons (Fsp3) is 0.160. The molecule has 0 saturated heterocycles. The van der Waals surface area contributed by atoms with E-state index < -0.39 is 0 Å². The van der Waals surface area contributed by atoms with Crippen molar-refractivity contribution in [3.63, 3.8) is 0 Å². The third kappa shape index (κ3) is 4.01. The Morgan fingerprint density at radius 3 is 2.91 bits per heavy atom. The number of fused-ring (bicyclic) bond motifs is 2. The number of carbonyl (C=O) groups is 1. The number of aryl methyl sites for hydroxylation is 1. The van der Waals surface area contributed by atoms with Crippen LogP contribution in [0.4, 0.5) is 4.39 Å². The van der Waals surface area contributed by atoms with E-state index in [0.29, 0.717) is 35.0 Å². The van der Waals surface area contributed by atoms with Crippen LogP contribution >= 0.6 is 15.9 Å². The van der Waals surface area contributed by atoms with Crippen LogP contribution in [0.2, 0.25) is 0 Å². The molecule has 0 aliphatic carbocycles. The second-order valence-corrected chi connectivity index (χ2v) is 8.48. The summed E-state index contributed by atoms with van der Waals surface area (Å²) in [7, 11) is 0. The first-order valence-corrected chi connectivity index (χ1v) is 10.8. The summed E-state index contributed by atoms with van der Waals surface area (Å²) < 4.78 is 37.0. The van der Waals surface area contributed by atoms with Crippen LogP contribution in [0.5, 0.6) is 17.2 Å². The molecule has 5 rings (SSSR count).